The molecule has 0 aliphatic rings. The van der Waals surface area contributed by atoms with Gasteiger partial charge >= 0.3 is 5.97 Å². The lowest BCUT2D eigenvalue weighted by Crippen LogP contribution is -2.55. The highest BCUT2D eigenvalue weighted by Gasteiger charge is 2.34. The van der Waals surface area contributed by atoms with Gasteiger partial charge in [0, 0.05) is 12.3 Å². The molecular formula is C27H51N3O6. The van der Waals surface area contributed by atoms with Crippen molar-refractivity contribution in [3.63, 3.8) is 0 Å². The van der Waals surface area contributed by atoms with Gasteiger partial charge in [-0.25, -0.2) is 4.79 Å². The van der Waals surface area contributed by atoms with Crippen LogP contribution in [0.1, 0.15) is 106 Å². The first-order valence-corrected chi connectivity index (χ1v) is 13.4. The van der Waals surface area contributed by atoms with Crippen molar-refractivity contribution < 1.29 is 28.7 Å². The fraction of sp³-hybridized carbons (Fsp3) is 0.852. The lowest BCUT2D eigenvalue weighted by Gasteiger charge is -2.31. The Morgan fingerprint density at radius 3 is 1.92 bits per heavy atom. The smallest absolute Gasteiger partial charge is 0.328 e. The Balaban J connectivity index is 5.38. The van der Waals surface area contributed by atoms with Gasteiger partial charge in [-0.05, 0) is 40.5 Å². The normalized spacial score (nSPS) is 15.8. The van der Waals surface area contributed by atoms with Gasteiger partial charge in [0.1, 0.15) is 12.1 Å². The van der Waals surface area contributed by atoms with Crippen LogP contribution in [0.15, 0.2) is 0 Å². The lowest BCUT2D eigenvalue weighted by molar-refractivity contribution is -0.146. The molecule has 0 heterocycles. The number of rotatable bonds is 18. The molecule has 4 N–H and O–H groups in total. The van der Waals surface area contributed by atoms with E-state index < -0.39 is 53.5 Å². The van der Waals surface area contributed by atoms with Gasteiger partial charge in [0.2, 0.25) is 11.8 Å². The molecule has 36 heavy (non-hydrogen) atoms. The molecule has 0 aliphatic heterocycles. The van der Waals surface area contributed by atoms with Crippen LogP contribution in [0.2, 0.25) is 0 Å². The van der Waals surface area contributed by atoms with Crippen LogP contribution in [-0.2, 0) is 28.7 Å². The van der Waals surface area contributed by atoms with Crippen molar-refractivity contribution in [3.8, 4) is 0 Å². The molecule has 0 saturated heterocycles. The monoisotopic (exact) mass is 513 g/mol. The number of carbonyl (C=O) groups is 4. The number of carbonyl (C=O) groups excluding carboxylic acids is 4. The first-order valence-electron chi connectivity index (χ1n) is 13.4. The maximum Gasteiger partial charge on any atom is 0.328 e. The van der Waals surface area contributed by atoms with Crippen LogP contribution in [-0.4, -0.2) is 60.5 Å². The maximum absolute atomic E-state index is 13.3. The quantitative estimate of drug-likeness (QED) is 0.189. The van der Waals surface area contributed by atoms with Crippen LogP contribution >= 0.6 is 0 Å². The van der Waals surface area contributed by atoms with Crippen LogP contribution in [0.4, 0.5) is 0 Å². The number of methoxy groups -OCH3 is 1. The maximum atomic E-state index is 13.3. The molecule has 9 heteroatoms. The van der Waals surface area contributed by atoms with Crippen molar-refractivity contribution in [2.45, 2.75) is 136 Å². The molecule has 0 spiro atoms. The number of hydrogen-bond acceptors (Lipinski definition) is 7. The summed E-state index contributed by atoms with van der Waals surface area (Å²) < 4.78 is 10.8. The van der Waals surface area contributed by atoms with Crippen molar-refractivity contribution in [1.29, 1.82) is 0 Å². The molecule has 0 aromatic heterocycles. The molecule has 0 aromatic carbocycles. The largest absolute Gasteiger partial charge is 0.467 e. The van der Waals surface area contributed by atoms with E-state index in [1.807, 2.05) is 20.8 Å². The van der Waals surface area contributed by atoms with E-state index in [4.69, 9.17) is 15.2 Å². The fourth-order valence-corrected chi connectivity index (χ4v) is 3.92. The second kappa shape index (κ2) is 17.5. The minimum Gasteiger partial charge on any atom is -0.467 e. The van der Waals surface area contributed by atoms with Gasteiger partial charge in [0.15, 0.2) is 5.78 Å². The summed E-state index contributed by atoms with van der Waals surface area (Å²) in [6, 6.07) is -2.44. The van der Waals surface area contributed by atoms with Crippen LogP contribution in [0, 0.1) is 5.92 Å². The molecule has 0 rings (SSSR count). The Labute approximate surface area is 218 Å². The third kappa shape index (κ3) is 13.9. The van der Waals surface area contributed by atoms with Crippen LogP contribution in [0.25, 0.3) is 0 Å². The topological polar surface area (TPSA) is 137 Å². The number of amides is 2. The van der Waals surface area contributed by atoms with Crippen molar-refractivity contribution in [3.05, 3.63) is 0 Å². The van der Waals surface area contributed by atoms with Gasteiger partial charge in [0.05, 0.1) is 24.9 Å². The molecule has 0 aromatic rings. The Morgan fingerprint density at radius 2 is 1.42 bits per heavy atom. The number of ketones is 1. The summed E-state index contributed by atoms with van der Waals surface area (Å²) >= 11 is 0. The highest BCUT2D eigenvalue weighted by atomic mass is 16.5. The Morgan fingerprint density at radius 1 is 0.861 bits per heavy atom. The molecule has 0 saturated carbocycles. The standard InChI is InChI=1S/C27H51N3O6/c1-9-11-13-15-20(28)25(33)30-23(19(4)36-27(5,6)7)22(31)17-18(3)24(32)29-21(26(34)35-8)16-14-12-10-2/h18-21,23H,9-17,28H2,1-8H3,(H,29,32)(H,30,33)/t18-,19-,20+,21+,23+/m1/s1. The van der Waals surface area contributed by atoms with E-state index in [1.165, 1.54) is 7.11 Å². The lowest BCUT2D eigenvalue weighted by atomic mass is 9.95. The van der Waals surface area contributed by atoms with E-state index in [9.17, 15) is 19.2 Å². The predicted molar refractivity (Wildman–Crippen MR) is 141 cm³/mol. The van der Waals surface area contributed by atoms with Crippen LogP contribution in [0.5, 0.6) is 0 Å². The summed E-state index contributed by atoms with van der Waals surface area (Å²) in [5, 5.41) is 5.49. The van der Waals surface area contributed by atoms with Gasteiger partial charge < -0.3 is 25.8 Å². The summed E-state index contributed by atoms with van der Waals surface area (Å²) in [6.45, 7) is 13.1. The minimum atomic E-state index is -0.954. The second-order valence-corrected chi connectivity index (χ2v) is 10.7. The summed E-state index contributed by atoms with van der Waals surface area (Å²) in [7, 11) is 1.28. The van der Waals surface area contributed by atoms with Crippen LogP contribution < -0.4 is 16.4 Å². The fourth-order valence-electron chi connectivity index (χ4n) is 3.92. The predicted octanol–water partition coefficient (Wildman–Crippen LogP) is 3.42. The average Bonchev–Trinajstić information content (AvgIpc) is 2.79. The molecule has 0 bridgehead atoms. The third-order valence-corrected chi connectivity index (χ3v) is 5.96. The zero-order valence-corrected chi connectivity index (χ0v) is 23.8. The zero-order valence-electron chi connectivity index (χ0n) is 23.8. The van der Waals surface area contributed by atoms with E-state index in [-0.39, 0.29) is 12.2 Å². The van der Waals surface area contributed by atoms with Gasteiger partial charge in [0.25, 0.3) is 0 Å². The van der Waals surface area contributed by atoms with Crippen LogP contribution in [0.3, 0.4) is 0 Å². The first kappa shape index (κ1) is 34.0. The van der Waals surface area contributed by atoms with Crippen molar-refractivity contribution in [2.24, 2.45) is 11.7 Å². The first-order chi connectivity index (χ1) is 16.8. The van der Waals surface area contributed by atoms with Gasteiger partial charge in [-0.2, -0.15) is 0 Å². The summed E-state index contributed by atoms with van der Waals surface area (Å²) in [5.74, 6) is -2.37. The number of nitrogens with one attached hydrogen (secondary N) is 2. The molecule has 210 valence electrons. The Bertz CT molecular complexity index is 691. The highest BCUT2D eigenvalue weighted by molar-refractivity contribution is 5.94. The summed E-state index contributed by atoms with van der Waals surface area (Å²) in [5.41, 5.74) is 5.52. The zero-order chi connectivity index (χ0) is 27.9. The van der Waals surface area contributed by atoms with E-state index in [0.717, 1.165) is 38.5 Å². The van der Waals surface area contributed by atoms with Crippen molar-refractivity contribution in [1.82, 2.24) is 10.6 Å². The molecule has 9 nitrogen and oxygen atoms in total. The third-order valence-electron chi connectivity index (χ3n) is 5.96. The summed E-state index contributed by atoms with van der Waals surface area (Å²) in [4.78, 5) is 51.0. The van der Waals surface area contributed by atoms with Gasteiger partial charge in [-0.1, -0.05) is 59.3 Å². The molecule has 0 fully saturated rings. The highest BCUT2D eigenvalue weighted by Crippen LogP contribution is 2.17. The molecule has 0 aliphatic carbocycles. The summed E-state index contributed by atoms with van der Waals surface area (Å²) in [6.07, 6.45) is 5.76. The number of ether oxygens (including phenoxy) is 2. The number of Topliss-reactive ketones (excluding diaryl/α,β-unsaturated/α-hetero) is 1. The Kier molecular flexibility index (Phi) is 16.5. The van der Waals surface area contributed by atoms with Crippen molar-refractivity contribution in [2.75, 3.05) is 7.11 Å². The molecule has 0 radical (unpaired) electrons. The van der Waals surface area contributed by atoms with Gasteiger partial charge in [-0.15, -0.1) is 0 Å². The average molecular weight is 514 g/mol. The number of nitrogens with two attached hydrogens (primary N) is 1. The minimum absolute atomic E-state index is 0.122. The Hall–Kier alpha value is -2.00. The number of hydrogen-bond donors (Lipinski definition) is 3. The molecule has 0 unspecified atom stereocenters. The van der Waals surface area contributed by atoms with E-state index in [1.54, 1.807) is 13.8 Å². The molecule has 5 atom stereocenters. The molecule has 2 amide bonds. The number of esters is 1. The van der Waals surface area contributed by atoms with E-state index in [2.05, 4.69) is 24.5 Å². The van der Waals surface area contributed by atoms with E-state index >= 15 is 0 Å². The number of unbranched alkanes of at least 4 members (excludes halogenated alkanes) is 4. The molecular weight excluding hydrogens is 462 g/mol. The van der Waals surface area contributed by atoms with Crippen molar-refractivity contribution >= 4 is 23.6 Å². The SMILES string of the molecule is CCCCC[C@H](NC(=O)[C@H](C)CC(=O)[C@@H](NC(=O)[C@@H](N)CCCCC)[C@@H](C)OC(C)(C)C)C(=O)OC. The van der Waals surface area contributed by atoms with Gasteiger partial charge in [-0.3, -0.25) is 14.4 Å². The van der Waals surface area contributed by atoms with E-state index in [0.29, 0.717) is 12.8 Å². The second-order valence-electron chi connectivity index (χ2n) is 10.7.